The maximum atomic E-state index is 11.4. The Morgan fingerprint density at radius 3 is 2.35 bits per heavy atom. The fourth-order valence-electron chi connectivity index (χ4n) is 1.89. The molecule has 0 saturated carbocycles. The van der Waals surface area contributed by atoms with Crippen molar-refractivity contribution >= 4 is 11.6 Å². The molecule has 2 rings (SSSR count). The average molecular weight is 239 g/mol. The average Bonchev–Trinajstić information content (AvgIpc) is 2.62. The summed E-state index contributed by atoms with van der Waals surface area (Å²) in [7, 11) is 4.38. The molecule has 0 fully saturated rings. The molecule has 0 radical (unpaired) electrons. The second kappa shape index (κ2) is 4.14. The first-order valence-corrected chi connectivity index (χ1v) is 4.95. The van der Waals surface area contributed by atoms with Crippen molar-refractivity contribution < 1.29 is 24.1 Å². The summed E-state index contributed by atoms with van der Waals surface area (Å²) in [5.41, 5.74) is 0.840. The SMILES string of the molecule is COc1cc2c(c(OC)c1OC)C(O)C(=O)N2. The van der Waals surface area contributed by atoms with Crippen LogP contribution in [-0.2, 0) is 4.79 Å². The van der Waals surface area contributed by atoms with Crippen molar-refractivity contribution in [2.24, 2.45) is 0 Å². The minimum Gasteiger partial charge on any atom is -0.493 e. The molecule has 1 aromatic carbocycles. The van der Waals surface area contributed by atoms with Crippen molar-refractivity contribution in [3.05, 3.63) is 11.6 Å². The quantitative estimate of drug-likeness (QED) is 0.811. The van der Waals surface area contributed by atoms with Crippen LogP contribution >= 0.6 is 0 Å². The molecule has 1 aromatic rings. The number of hydrogen-bond donors (Lipinski definition) is 2. The summed E-state index contributed by atoms with van der Waals surface area (Å²) < 4.78 is 15.5. The van der Waals surface area contributed by atoms with Gasteiger partial charge in [-0.1, -0.05) is 0 Å². The van der Waals surface area contributed by atoms with E-state index in [2.05, 4.69) is 5.32 Å². The van der Waals surface area contributed by atoms with Crippen molar-refractivity contribution in [1.82, 2.24) is 0 Å². The molecule has 1 unspecified atom stereocenters. The third-order valence-corrected chi connectivity index (χ3v) is 2.65. The number of methoxy groups -OCH3 is 3. The predicted molar refractivity (Wildman–Crippen MR) is 59.7 cm³/mol. The third kappa shape index (κ3) is 1.57. The molecule has 92 valence electrons. The molecule has 1 heterocycles. The van der Waals surface area contributed by atoms with E-state index in [-0.39, 0.29) is 0 Å². The van der Waals surface area contributed by atoms with Gasteiger partial charge in [0.15, 0.2) is 17.6 Å². The molecule has 2 N–H and O–H groups in total. The summed E-state index contributed by atoms with van der Waals surface area (Å²) in [5.74, 6) is 0.586. The van der Waals surface area contributed by atoms with Crippen molar-refractivity contribution in [3.8, 4) is 17.2 Å². The Morgan fingerprint density at radius 1 is 1.18 bits per heavy atom. The van der Waals surface area contributed by atoms with Gasteiger partial charge < -0.3 is 24.6 Å². The second-order valence-corrected chi connectivity index (χ2v) is 3.50. The maximum Gasteiger partial charge on any atom is 0.258 e. The molecular weight excluding hydrogens is 226 g/mol. The molecule has 0 saturated heterocycles. The lowest BCUT2D eigenvalue weighted by molar-refractivity contribution is -0.123. The molecule has 0 aromatic heterocycles. The number of aliphatic hydroxyl groups is 1. The van der Waals surface area contributed by atoms with E-state index in [1.165, 1.54) is 21.3 Å². The Morgan fingerprint density at radius 2 is 1.82 bits per heavy atom. The van der Waals surface area contributed by atoms with E-state index in [0.717, 1.165) is 0 Å². The van der Waals surface area contributed by atoms with Gasteiger partial charge in [-0.2, -0.15) is 0 Å². The number of hydrogen-bond acceptors (Lipinski definition) is 5. The standard InChI is InChI=1S/C11H13NO5/c1-15-6-4-5-7(8(13)11(14)12-5)10(17-3)9(6)16-2/h4,8,13H,1-3H3,(H,12,14). The molecule has 0 bridgehead atoms. The van der Waals surface area contributed by atoms with Gasteiger partial charge in [-0.15, -0.1) is 0 Å². The zero-order valence-corrected chi connectivity index (χ0v) is 9.73. The fraction of sp³-hybridized carbons (Fsp3) is 0.364. The Hall–Kier alpha value is -1.95. The van der Waals surface area contributed by atoms with Crippen molar-refractivity contribution in [3.63, 3.8) is 0 Å². The van der Waals surface area contributed by atoms with Crippen LogP contribution in [0.1, 0.15) is 11.7 Å². The van der Waals surface area contributed by atoms with Crippen LogP contribution in [0.3, 0.4) is 0 Å². The van der Waals surface area contributed by atoms with E-state index < -0.39 is 12.0 Å². The van der Waals surface area contributed by atoms with Gasteiger partial charge in [0.25, 0.3) is 5.91 Å². The number of carbonyl (C=O) groups excluding carboxylic acids is 1. The van der Waals surface area contributed by atoms with Gasteiger partial charge in [-0.25, -0.2) is 0 Å². The van der Waals surface area contributed by atoms with Crippen LogP contribution in [0.25, 0.3) is 0 Å². The van der Waals surface area contributed by atoms with Crippen LogP contribution in [-0.4, -0.2) is 32.3 Å². The molecule has 0 spiro atoms. The van der Waals surface area contributed by atoms with Gasteiger partial charge in [0.2, 0.25) is 5.75 Å². The van der Waals surface area contributed by atoms with E-state index in [4.69, 9.17) is 14.2 Å². The zero-order chi connectivity index (χ0) is 12.6. The molecule has 0 aliphatic carbocycles. The first kappa shape index (κ1) is 11.5. The lowest BCUT2D eigenvalue weighted by atomic mass is 10.1. The highest BCUT2D eigenvalue weighted by Crippen LogP contribution is 2.49. The van der Waals surface area contributed by atoms with Gasteiger partial charge >= 0.3 is 0 Å². The van der Waals surface area contributed by atoms with Crippen molar-refractivity contribution in [1.29, 1.82) is 0 Å². The van der Waals surface area contributed by atoms with Gasteiger partial charge in [0, 0.05) is 6.07 Å². The van der Waals surface area contributed by atoms with Crippen LogP contribution in [0.15, 0.2) is 6.07 Å². The number of carbonyl (C=O) groups is 1. The zero-order valence-electron chi connectivity index (χ0n) is 9.73. The lowest BCUT2D eigenvalue weighted by Crippen LogP contribution is -2.11. The van der Waals surface area contributed by atoms with Gasteiger partial charge in [-0.05, 0) is 0 Å². The number of ether oxygens (including phenoxy) is 3. The summed E-state index contributed by atoms with van der Waals surface area (Å²) in [5, 5.41) is 12.3. The first-order valence-electron chi connectivity index (χ1n) is 4.95. The number of nitrogens with one attached hydrogen (secondary N) is 1. The molecule has 1 aliphatic heterocycles. The summed E-state index contributed by atoms with van der Waals surface area (Å²) in [6.07, 6.45) is -1.25. The normalized spacial score (nSPS) is 17.4. The number of aliphatic hydroxyl groups excluding tert-OH is 1. The molecule has 17 heavy (non-hydrogen) atoms. The van der Waals surface area contributed by atoms with Crippen LogP contribution in [0, 0.1) is 0 Å². The molecule has 1 atom stereocenters. The maximum absolute atomic E-state index is 11.4. The Kier molecular flexibility index (Phi) is 2.81. The smallest absolute Gasteiger partial charge is 0.258 e. The Balaban J connectivity index is 2.69. The van der Waals surface area contributed by atoms with E-state index in [9.17, 15) is 9.90 Å². The van der Waals surface area contributed by atoms with Crippen LogP contribution in [0.5, 0.6) is 17.2 Å². The monoisotopic (exact) mass is 239 g/mol. The van der Waals surface area contributed by atoms with E-state index in [0.29, 0.717) is 28.5 Å². The number of anilines is 1. The lowest BCUT2D eigenvalue weighted by Gasteiger charge is -2.15. The predicted octanol–water partition coefficient (Wildman–Crippen LogP) is 0.698. The molecule has 6 nitrogen and oxygen atoms in total. The molecule has 1 amide bonds. The number of fused-ring (bicyclic) bond motifs is 1. The van der Waals surface area contributed by atoms with E-state index >= 15 is 0 Å². The van der Waals surface area contributed by atoms with Crippen LogP contribution < -0.4 is 19.5 Å². The summed E-state index contributed by atoms with van der Waals surface area (Å²) in [6.45, 7) is 0. The summed E-state index contributed by atoms with van der Waals surface area (Å²) >= 11 is 0. The van der Waals surface area contributed by atoms with Crippen LogP contribution in [0.4, 0.5) is 5.69 Å². The first-order chi connectivity index (χ1) is 8.13. The number of rotatable bonds is 3. The van der Waals surface area contributed by atoms with Gasteiger partial charge in [0.05, 0.1) is 32.6 Å². The van der Waals surface area contributed by atoms with E-state index in [1.54, 1.807) is 6.07 Å². The fourth-order valence-corrected chi connectivity index (χ4v) is 1.89. The van der Waals surface area contributed by atoms with Crippen molar-refractivity contribution in [2.75, 3.05) is 26.6 Å². The highest BCUT2D eigenvalue weighted by atomic mass is 16.5. The summed E-state index contributed by atoms with van der Waals surface area (Å²) in [6, 6.07) is 1.59. The minimum atomic E-state index is -1.25. The number of benzene rings is 1. The van der Waals surface area contributed by atoms with Crippen molar-refractivity contribution in [2.45, 2.75) is 6.10 Å². The van der Waals surface area contributed by atoms with Gasteiger partial charge in [-0.3, -0.25) is 4.79 Å². The summed E-state index contributed by atoms with van der Waals surface area (Å²) in [4.78, 5) is 11.4. The van der Waals surface area contributed by atoms with Crippen LogP contribution in [0.2, 0.25) is 0 Å². The Bertz CT molecular complexity index is 471. The topological polar surface area (TPSA) is 77.0 Å². The largest absolute Gasteiger partial charge is 0.493 e. The molecule has 1 aliphatic rings. The molecular formula is C11H13NO5. The second-order valence-electron chi connectivity index (χ2n) is 3.50. The third-order valence-electron chi connectivity index (χ3n) is 2.65. The van der Waals surface area contributed by atoms with E-state index in [1.807, 2.05) is 0 Å². The highest BCUT2D eigenvalue weighted by Gasteiger charge is 2.35. The highest BCUT2D eigenvalue weighted by molar-refractivity contribution is 6.03. The van der Waals surface area contributed by atoms with Gasteiger partial charge in [0.1, 0.15) is 0 Å². The molecule has 6 heteroatoms. The Labute approximate surface area is 98.1 Å². The minimum absolute atomic E-state index is 0.299. The number of amides is 1.